The summed E-state index contributed by atoms with van der Waals surface area (Å²) in [5, 5.41) is 6.23. The Hall–Kier alpha value is -2.56. The van der Waals surface area contributed by atoms with Gasteiger partial charge in [-0.05, 0) is 23.7 Å². The Morgan fingerprint density at radius 2 is 2.11 bits per heavy atom. The number of pyridine rings is 1. The second-order valence-corrected chi connectivity index (χ2v) is 3.86. The number of nitrogens with one attached hydrogen (secondary N) is 1. The zero-order valence-electron chi connectivity index (χ0n) is 9.62. The monoisotopic (exact) mass is 273 g/mol. The van der Waals surface area contributed by atoms with Crippen molar-refractivity contribution in [2.45, 2.75) is 0 Å². The molecule has 94 valence electrons. The van der Waals surface area contributed by atoms with Crippen LogP contribution in [-0.4, -0.2) is 10.9 Å². The summed E-state index contributed by atoms with van der Waals surface area (Å²) >= 11 is 5.83. The molecule has 1 aromatic carbocycles. The third-order valence-electron chi connectivity index (χ3n) is 2.31. The van der Waals surface area contributed by atoms with E-state index in [1.807, 2.05) is 0 Å². The van der Waals surface area contributed by atoms with Gasteiger partial charge in [-0.3, -0.25) is 4.79 Å². The molecule has 0 saturated carbocycles. The summed E-state index contributed by atoms with van der Waals surface area (Å²) in [7, 11) is 0. The lowest BCUT2D eigenvalue weighted by atomic mass is 10.2. The van der Waals surface area contributed by atoms with Crippen LogP contribution < -0.4 is 5.32 Å². The number of hydrogen-bond acceptors (Lipinski definition) is 3. The number of benzene rings is 1. The molecule has 1 N–H and O–H groups in total. The van der Waals surface area contributed by atoms with Crippen LogP contribution in [0.4, 0.5) is 11.4 Å². The zero-order chi connectivity index (χ0) is 13.7. The van der Waals surface area contributed by atoms with Gasteiger partial charge in [0, 0.05) is 11.1 Å². The molecule has 19 heavy (non-hydrogen) atoms. The SMILES string of the molecule is [N-]=[N+]=Nc1ccccc1NC(=O)c1cccnc1Cl. The van der Waals surface area contributed by atoms with E-state index in [-0.39, 0.29) is 10.7 Å². The predicted molar refractivity (Wildman–Crippen MR) is 72.4 cm³/mol. The van der Waals surface area contributed by atoms with E-state index in [0.717, 1.165) is 0 Å². The van der Waals surface area contributed by atoms with Crippen molar-refractivity contribution in [3.8, 4) is 0 Å². The van der Waals surface area contributed by atoms with E-state index in [2.05, 4.69) is 20.3 Å². The quantitative estimate of drug-likeness (QED) is 0.397. The fourth-order valence-electron chi connectivity index (χ4n) is 1.46. The van der Waals surface area contributed by atoms with Gasteiger partial charge in [0.1, 0.15) is 5.15 Å². The van der Waals surface area contributed by atoms with E-state index in [1.165, 1.54) is 6.20 Å². The smallest absolute Gasteiger partial charge is 0.258 e. The molecule has 0 aliphatic heterocycles. The van der Waals surface area contributed by atoms with Crippen LogP contribution in [0.15, 0.2) is 47.7 Å². The molecule has 0 unspecified atom stereocenters. The minimum Gasteiger partial charge on any atom is -0.321 e. The Morgan fingerprint density at radius 1 is 1.32 bits per heavy atom. The summed E-state index contributed by atoms with van der Waals surface area (Å²) < 4.78 is 0. The molecule has 0 saturated heterocycles. The van der Waals surface area contributed by atoms with Crippen molar-refractivity contribution in [3.05, 3.63) is 63.8 Å². The molecule has 2 rings (SSSR count). The number of aromatic nitrogens is 1. The van der Waals surface area contributed by atoms with Crippen molar-refractivity contribution in [1.29, 1.82) is 0 Å². The van der Waals surface area contributed by atoms with Crippen molar-refractivity contribution in [2.24, 2.45) is 5.11 Å². The second kappa shape index (κ2) is 5.86. The standard InChI is InChI=1S/C12H8ClN5O/c13-11-8(4-3-7-15-11)12(19)16-9-5-1-2-6-10(9)17-18-14/h1-7H,(H,16,19). The number of nitrogens with zero attached hydrogens (tertiary/aromatic N) is 4. The Balaban J connectivity index is 2.29. The van der Waals surface area contributed by atoms with Crippen LogP contribution in [0.5, 0.6) is 0 Å². The van der Waals surface area contributed by atoms with E-state index in [0.29, 0.717) is 11.4 Å². The third kappa shape index (κ3) is 3.01. The van der Waals surface area contributed by atoms with Crippen LogP contribution in [0, 0.1) is 0 Å². The van der Waals surface area contributed by atoms with Crippen LogP contribution in [0.25, 0.3) is 10.4 Å². The summed E-state index contributed by atoms with van der Waals surface area (Å²) in [6.45, 7) is 0. The maximum Gasteiger partial charge on any atom is 0.258 e. The van der Waals surface area contributed by atoms with Crippen LogP contribution in [-0.2, 0) is 0 Å². The third-order valence-corrected chi connectivity index (χ3v) is 2.61. The average Bonchev–Trinajstić information content (AvgIpc) is 2.41. The number of carbonyl (C=O) groups is 1. The fraction of sp³-hybridized carbons (Fsp3) is 0. The molecule has 0 bridgehead atoms. The molecular weight excluding hydrogens is 266 g/mol. The van der Waals surface area contributed by atoms with Crippen molar-refractivity contribution in [1.82, 2.24) is 4.98 Å². The van der Waals surface area contributed by atoms with E-state index in [1.54, 1.807) is 36.4 Å². The van der Waals surface area contributed by atoms with E-state index < -0.39 is 5.91 Å². The summed E-state index contributed by atoms with van der Waals surface area (Å²) in [6.07, 6.45) is 1.49. The number of rotatable bonds is 3. The first-order valence-corrected chi connectivity index (χ1v) is 5.66. The van der Waals surface area contributed by atoms with Gasteiger partial charge in [-0.2, -0.15) is 0 Å². The molecule has 1 aromatic heterocycles. The highest BCUT2D eigenvalue weighted by molar-refractivity contribution is 6.33. The Bertz CT molecular complexity index is 667. The molecule has 0 spiro atoms. The molecule has 0 aliphatic carbocycles. The first-order chi connectivity index (χ1) is 9.22. The van der Waals surface area contributed by atoms with Gasteiger partial charge in [-0.15, -0.1) is 0 Å². The lowest BCUT2D eigenvalue weighted by Crippen LogP contribution is -2.12. The minimum atomic E-state index is -0.418. The fourth-order valence-corrected chi connectivity index (χ4v) is 1.66. The number of halogens is 1. The molecule has 1 heterocycles. The number of azide groups is 1. The van der Waals surface area contributed by atoms with Crippen LogP contribution in [0.2, 0.25) is 5.15 Å². The van der Waals surface area contributed by atoms with Crippen molar-refractivity contribution >= 4 is 28.9 Å². The molecule has 2 aromatic rings. The maximum absolute atomic E-state index is 12.0. The molecule has 1 amide bonds. The number of carbonyl (C=O) groups excluding carboxylic acids is 1. The lowest BCUT2D eigenvalue weighted by molar-refractivity contribution is 0.102. The first-order valence-electron chi connectivity index (χ1n) is 5.28. The average molecular weight is 274 g/mol. The van der Waals surface area contributed by atoms with Gasteiger partial charge in [-0.25, -0.2) is 4.98 Å². The highest BCUT2D eigenvalue weighted by Crippen LogP contribution is 2.25. The Morgan fingerprint density at radius 3 is 2.84 bits per heavy atom. The van der Waals surface area contributed by atoms with Gasteiger partial charge < -0.3 is 5.32 Å². The maximum atomic E-state index is 12.0. The minimum absolute atomic E-state index is 0.112. The second-order valence-electron chi connectivity index (χ2n) is 3.50. The van der Waals surface area contributed by atoms with Gasteiger partial charge >= 0.3 is 0 Å². The first kappa shape index (κ1) is 12.9. The summed E-state index contributed by atoms with van der Waals surface area (Å²) in [5.74, 6) is -0.418. The molecule has 0 fully saturated rings. The molecule has 0 atom stereocenters. The van der Waals surface area contributed by atoms with Gasteiger partial charge in [0.2, 0.25) is 0 Å². The summed E-state index contributed by atoms with van der Waals surface area (Å²) in [4.78, 5) is 18.5. The van der Waals surface area contributed by atoms with Crippen molar-refractivity contribution < 1.29 is 4.79 Å². The summed E-state index contributed by atoms with van der Waals surface area (Å²) in [5.41, 5.74) is 9.44. The van der Waals surface area contributed by atoms with E-state index >= 15 is 0 Å². The Labute approximate surface area is 113 Å². The normalized spacial score (nSPS) is 9.53. The predicted octanol–water partition coefficient (Wildman–Crippen LogP) is 3.93. The van der Waals surface area contributed by atoms with E-state index in [9.17, 15) is 4.79 Å². The molecule has 0 aliphatic rings. The van der Waals surface area contributed by atoms with Gasteiger partial charge in [-0.1, -0.05) is 34.9 Å². The molecule has 6 nitrogen and oxygen atoms in total. The van der Waals surface area contributed by atoms with Crippen LogP contribution in [0.1, 0.15) is 10.4 Å². The largest absolute Gasteiger partial charge is 0.321 e. The van der Waals surface area contributed by atoms with Gasteiger partial charge in [0.15, 0.2) is 0 Å². The highest BCUT2D eigenvalue weighted by Gasteiger charge is 2.12. The summed E-state index contributed by atoms with van der Waals surface area (Å²) in [6, 6.07) is 9.82. The van der Waals surface area contributed by atoms with Crippen molar-refractivity contribution in [3.63, 3.8) is 0 Å². The van der Waals surface area contributed by atoms with E-state index in [4.69, 9.17) is 17.1 Å². The van der Waals surface area contributed by atoms with Gasteiger partial charge in [0.05, 0.1) is 16.9 Å². The molecular formula is C12H8ClN5O. The number of anilines is 1. The molecule has 0 radical (unpaired) electrons. The highest BCUT2D eigenvalue weighted by atomic mass is 35.5. The Kier molecular flexibility index (Phi) is 3.97. The van der Waals surface area contributed by atoms with Gasteiger partial charge in [0.25, 0.3) is 5.91 Å². The topological polar surface area (TPSA) is 90.8 Å². The number of para-hydroxylation sites is 1. The van der Waals surface area contributed by atoms with Crippen LogP contribution >= 0.6 is 11.6 Å². The lowest BCUT2D eigenvalue weighted by Gasteiger charge is -2.08. The van der Waals surface area contributed by atoms with Crippen molar-refractivity contribution in [2.75, 3.05) is 5.32 Å². The number of hydrogen-bond donors (Lipinski definition) is 1. The number of amides is 1. The van der Waals surface area contributed by atoms with Crippen LogP contribution in [0.3, 0.4) is 0 Å². The molecule has 7 heteroatoms. The zero-order valence-corrected chi connectivity index (χ0v) is 10.4.